The number of carbonyl (C=O) groups excluding carboxylic acids is 1. The van der Waals surface area contributed by atoms with Crippen molar-refractivity contribution in [1.29, 1.82) is 0 Å². The summed E-state index contributed by atoms with van der Waals surface area (Å²) in [4.78, 5) is 11.4. The second kappa shape index (κ2) is 8.37. The van der Waals surface area contributed by atoms with Crippen LogP contribution >= 0.6 is 0 Å². The van der Waals surface area contributed by atoms with Gasteiger partial charge in [0.25, 0.3) is 0 Å². The van der Waals surface area contributed by atoms with E-state index in [4.69, 9.17) is 9.47 Å². The molecule has 106 valence electrons. The fraction of sp³-hybridized carbons (Fsp3) is 0.500. The Balaban J connectivity index is 2.31. The molecule has 1 aromatic rings. The standard InChI is InChI=1S/C14H22N2O3/c1-11-4-5-12(10-13(11)19-3)6-7-15-14(17)16-8-9-18-2/h4-5,10H,6-9H2,1-3H3,(H2,15,16,17). The summed E-state index contributed by atoms with van der Waals surface area (Å²) < 4.78 is 10.1. The summed E-state index contributed by atoms with van der Waals surface area (Å²) in [6.07, 6.45) is 0.772. The minimum absolute atomic E-state index is 0.170. The fourth-order valence-corrected chi connectivity index (χ4v) is 1.67. The van der Waals surface area contributed by atoms with E-state index in [-0.39, 0.29) is 6.03 Å². The maximum absolute atomic E-state index is 11.4. The van der Waals surface area contributed by atoms with Crippen LogP contribution in [0, 0.1) is 6.92 Å². The number of nitrogens with one attached hydrogen (secondary N) is 2. The van der Waals surface area contributed by atoms with Gasteiger partial charge in [0, 0.05) is 20.2 Å². The van der Waals surface area contributed by atoms with Gasteiger partial charge >= 0.3 is 6.03 Å². The molecule has 1 rings (SSSR count). The van der Waals surface area contributed by atoms with Gasteiger partial charge in [-0.1, -0.05) is 12.1 Å². The number of hydrogen-bond acceptors (Lipinski definition) is 3. The Labute approximate surface area is 114 Å². The second-order valence-electron chi connectivity index (χ2n) is 4.23. The van der Waals surface area contributed by atoms with Crippen molar-refractivity contribution >= 4 is 6.03 Å². The molecule has 0 saturated heterocycles. The minimum atomic E-state index is -0.170. The Bertz CT molecular complexity index is 408. The van der Waals surface area contributed by atoms with Gasteiger partial charge in [-0.25, -0.2) is 4.79 Å². The molecule has 5 nitrogen and oxygen atoms in total. The normalized spacial score (nSPS) is 10.1. The van der Waals surface area contributed by atoms with Gasteiger partial charge in [-0.2, -0.15) is 0 Å². The zero-order valence-corrected chi connectivity index (χ0v) is 11.8. The molecule has 0 aliphatic carbocycles. The van der Waals surface area contributed by atoms with Gasteiger partial charge in [0.1, 0.15) is 5.75 Å². The van der Waals surface area contributed by atoms with E-state index in [2.05, 4.69) is 10.6 Å². The van der Waals surface area contributed by atoms with Crippen LogP contribution in [0.2, 0.25) is 0 Å². The predicted molar refractivity (Wildman–Crippen MR) is 74.7 cm³/mol. The van der Waals surface area contributed by atoms with E-state index in [1.165, 1.54) is 0 Å². The average Bonchev–Trinajstić information content (AvgIpc) is 2.41. The van der Waals surface area contributed by atoms with Crippen molar-refractivity contribution in [2.45, 2.75) is 13.3 Å². The maximum Gasteiger partial charge on any atom is 0.314 e. The highest BCUT2D eigenvalue weighted by molar-refractivity contribution is 5.73. The second-order valence-corrected chi connectivity index (χ2v) is 4.23. The highest BCUT2D eigenvalue weighted by atomic mass is 16.5. The van der Waals surface area contributed by atoms with Crippen molar-refractivity contribution in [3.63, 3.8) is 0 Å². The van der Waals surface area contributed by atoms with Crippen molar-refractivity contribution in [1.82, 2.24) is 10.6 Å². The molecule has 0 saturated carbocycles. The summed E-state index contributed by atoms with van der Waals surface area (Å²) in [5.41, 5.74) is 2.25. The van der Waals surface area contributed by atoms with E-state index in [1.54, 1.807) is 14.2 Å². The highest BCUT2D eigenvalue weighted by Crippen LogP contribution is 2.18. The third-order valence-corrected chi connectivity index (χ3v) is 2.76. The molecular weight excluding hydrogens is 244 g/mol. The molecule has 0 heterocycles. The van der Waals surface area contributed by atoms with Crippen LogP contribution in [0.25, 0.3) is 0 Å². The van der Waals surface area contributed by atoms with Crippen LogP contribution in [0.3, 0.4) is 0 Å². The molecule has 0 aliphatic rings. The molecule has 2 amide bonds. The zero-order valence-electron chi connectivity index (χ0n) is 11.8. The smallest absolute Gasteiger partial charge is 0.314 e. The molecule has 0 atom stereocenters. The Kier molecular flexibility index (Phi) is 6.74. The van der Waals surface area contributed by atoms with Crippen molar-refractivity contribution < 1.29 is 14.3 Å². The van der Waals surface area contributed by atoms with E-state index in [9.17, 15) is 4.79 Å². The Morgan fingerprint density at radius 1 is 1.21 bits per heavy atom. The molecule has 0 radical (unpaired) electrons. The summed E-state index contributed by atoms with van der Waals surface area (Å²) >= 11 is 0. The van der Waals surface area contributed by atoms with E-state index < -0.39 is 0 Å². The van der Waals surface area contributed by atoms with Crippen LogP contribution in [0.15, 0.2) is 18.2 Å². The average molecular weight is 266 g/mol. The van der Waals surface area contributed by atoms with Gasteiger partial charge in [-0.3, -0.25) is 0 Å². The number of methoxy groups -OCH3 is 2. The highest BCUT2D eigenvalue weighted by Gasteiger charge is 2.02. The SMILES string of the molecule is COCCNC(=O)NCCc1ccc(C)c(OC)c1. The topological polar surface area (TPSA) is 59.6 Å². The van der Waals surface area contributed by atoms with E-state index in [1.807, 2.05) is 25.1 Å². The van der Waals surface area contributed by atoms with Crippen LogP contribution < -0.4 is 15.4 Å². The number of ether oxygens (including phenoxy) is 2. The summed E-state index contributed by atoms with van der Waals surface area (Å²) in [5.74, 6) is 0.877. The zero-order chi connectivity index (χ0) is 14.1. The molecule has 19 heavy (non-hydrogen) atoms. The van der Waals surface area contributed by atoms with Crippen molar-refractivity contribution in [3.05, 3.63) is 29.3 Å². The summed E-state index contributed by atoms with van der Waals surface area (Å²) in [6, 6.07) is 5.89. The lowest BCUT2D eigenvalue weighted by Crippen LogP contribution is -2.38. The Hall–Kier alpha value is -1.75. The van der Waals surface area contributed by atoms with Crippen molar-refractivity contribution in [2.75, 3.05) is 33.9 Å². The van der Waals surface area contributed by atoms with Crippen molar-refractivity contribution in [2.24, 2.45) is 0 Å². The monoisotopic (exact) mass is 266 g/mol. The summed E-state index contributed by atoms with van der Waals surface area (Å²) in [7, 11) is 3.26. The minimum Gasteiger partial charge on any atom is -0.496 e. The first-order valence-electron chi connectivity index (χ1n) is 6.31. The largest absolute Gasteiger partial charge is 0.496 e. The van der Waals surface area contributed by atoms with Gasteiger partial charge in [0.2, 0.25) is 0 Å². The lowest BCUT2D eigenvalue weighted by molar-refractivity contribution is 0.196. The summed E-state index contributed by atoms with van der Waals surface area (Å²) in [6.45, 7) is 3.62. The maximum atomic E-state index is 11.4. The molecule has 0 fully saturated rings. The van der Waals surface area contributed by atoms with Gasteiger partial charge in [0.05, 0.1) is 13.7 Å². The number of benzene rings is 1. The van der Waals surface area contributed by atoms with Gasteiger partial charge in [-0.05, 0) is 30.5 Å². The predicted octanol–water partition coefficient (Wildman–Crippen LogP) is 1.49. The molecule has 0 aliphatic heterocycles. The van der Waals surface area contributed by atoms with Crippen LogP contribution in [-0.2, 0) is 11.2 Å². The summed E-state index contributed by atoms with van der Waals surface area (Å²) in [5, 5.41) is 5.50. The number of aryl methyl sites for hydroxylation is 1. The number of hydrogen-bond donors (Lipinski definition) is 2. The number of rotatable bonds is 7. The molecule has 5 heteroatoms. The van der Waals surface area contributed by atoms with E-state index in [0.29, 0.717) is 19.7 Å². The number of amides is 2. The molecular formula is C14H22N2O3. The quantitative estimate of drug-likeness (QED) is 0.735. The lowest BCUT2D eigenvalue weighted by atomic mass is 10.1. The van der Waals surface area contributed by atoms with Crippen molar-refractivity contribution in [3.8, 4) is 5.75 Å². The molecule has 0 aromatic heterocycles. The van der Waals surface area contributed by atoms with E-state index in [0.717, 1.165) is 23.3 Å². The van der Waals surface area contributed by atoms with Crippen LogP contribution in [0.1, 0.15) is 11.1 Å². The first kappa shape index (κ1) is 15.3. The molecule has 2 N–H and O–H groups in total. The third kappa shape index (κ3) is 5.61. The fourth-order valence-electron chi connectivity index (χ4n) is 1.67. The van der Waals surface area contributed by atoms with Crippen LogP contribution in [-0.4, -0.2) is 39.9 Å². The first-order valence-corrected chi connectivity index (χ1v) is 6.31. The Morgan fingerprint density at radius 2 is 1.95 bits per heavy atom. The van der Waals surface area contributed by atoms with Crippen LogP contribution in [0.5, 0.6) is 5.75 Å². The third-order valence-electron chi connectivity index (χ3n) is 2.76. The first-order chi connectivity index (χ1) is 9.17. The number of carbonyl (C=O) groups is 1. The molecule has 0 bridgehead atoms. The van der Waals surface area contributed by atoms with E-state index >= 15 is 0 Å². The molecule has 1 aromatic carbocycles. The van der Waals surface area contributed by atoms with Gasteiger partial charge < -0.3 is 20.1 Å². The number of urea groups is 1. The van der Waals surface area contributed by atoms with Gasteiger partial charge in [0.15, 0.2) is 0 Å². The molecule has 0 unspecified atom stereocenters. The Morgan fingerprint density at radius 3 is 2.63 bits per heavy atom. The lowest BCUT2D eigenvalue weighted by Gasteiger charge is -2.09. The molecule has 0 spiro atoms. The van der Waals surface area contributed by atoms with Crippen LogP contribution in [0.4, 0.5) is 4.79 Å². The van der Waals surface area contributed by atoms with Gasteiger partial charge in [-0.15, -0.1) is 0 Å².